The highest BCUT2D eigenvalue weighted by Gasteiger charge is 2.16. The molecule has 145 valence electrons. The van der Waals surface area contributed by atoms with E-state index in [9.17, 15) is 4.79 Å². The van der Waals surface area contributed by atoms with Gasteiger partial charge in [0.15, 0.2) is 0 Å². The fourth-order valence-electron chi connectivity index (χ4n) is 3.18. The molecule has 0 atom stereocenters. The van der Waals surface area contributed by atoms with Crippen molar-refractivity contribution < 1.29 is 19.3 Å². The van der Waals surface area contributed by atoms with Gasteiger partial charge in [-0.1, -0.05) is 57.8 Å². The molecule has 1 saturated carbocycles. The summed E-state index contributed by atoms with van der Waals surface area (Å²) in [6, 6.07) is 6.96. The zero-order chi connectivity index (χ0) is 18.6. The average Bonchev–Trinajstić information content (AvgIpc) is 2.61. The van der Waals surface area contributed by atoms with Crippen molar-refractivity contribution in [2.75, 3.05) is 0 Å². The van der Waals surface area contributed by atoms with Gasteiger partial charge in [-0.25, -0.2) is 4.79 Å². The first-order valence-corrected chi connectivity index (χ1v) is 10.2. The maximum Gasteiger partial charge on any atom is 0.373 e. The van der Waals surface area contributed by atoms with Crippen LogP contribution in [0.1, 0.15) is 94.8 Å². The molecular formula is C22H33O4. The van der Waals surface area contributed by atoms with Crippen molar-refractivity contribution in [1.82, 2.24) is 0 Å². The molecule has 2 rings (SSSR count). The summed E-state index contributed by atoms with van der Waals surface area (Å²) in [4.78, 5) is 22.7. The molecule has 4 heteroatoms. The Hall–Kier alpha value is -1.55. The quantitative estimate of drug-likeness (QED) is 0.450. The third kappa shape index (κ3) is 8.22. The summed E-state index contributed by atoms with van der Waals surface area (Å²) in [6.07, 6.45) is 14.0. The Morgan fingerprint density at radius 2 is 1.31 bits per heavy atom. The second-order valence-electron chi connectivity index (χ2n) is 7.37. The second-order valence-corrected chi connectivity index (χ2v) is 7.37. The molecule has 1 aromatic carbocycles. The topological polar surface area (TPSA) is 44.8 Å². The van der Waals surface area contributed by atoms with Crippen LogP contribution < -0.4 is 4.74 Å². The molecule has 0 amide bonds. The smallest absolute Gasteiger partial charge is 0.373 e. The van der Waals surface area contributed by atoms with Gasteiger partial charge in [-0.15, -0.1) is 0 Å². The van der Waals surface area contributed by atoms with E-state index >= 15 is 0 Å². The molecule has 0 aromatic heterocycles. The summed E-state index contributed by atoms with van der Waals surface area (Å²) >= 11 is 0. The van der Waals surface area contributed by atoms with Gasteiger partial charge in [0.1, 0.15) is 11.9 Å². The van der Waals surface area contributed by atoms with Gasteiger partial charge in [-0.2, -0.15) is 4.89 Å². The maximum atomic E-state index is 12.2. The highest BCUT2D eigenvalue weighted by Crippen LogP contribution is 2.24. The lowest BCUT2D eigenvalue weighted by atomic mass is 9.99. The third-order valence-corrected chi connectivity index (χ3v) is 4.61. The first-order valence-electron chi connectivity index (χ1n) is 10.2. The molecule has 0 saturated heterocycles. The highest BCUT2D eigenvalue weighted by molar-refractivity contribution is 5.89. The summed E-state index contributed by atoms with van der Waals surface area (Å²) in [6.45, 7) is 3.94. The van der Waals surface area contributed by atoms with Gasteiger partial charge in [0.25, 0.3) is 0 Å². The van der Waals surface area contributed by atoms with Crippen LogP contribution in [0.4, 0.5) is 0 Å². The first kappa shape index (κ1) is 20.8. The first-order chi connectivity index (χ1) is 12.6. The van der Waals surface area contributed by atoms with Crippen LogP contribution in [-0.2, 0) is 9.78 Å². The largest absolute Gasteiger partial charge is 0.491 e. The number of rotatable bonds is 5. The van der Waals surface area contributed by atoms with Gasteiger partial charge in [0, 0.05) is 0 Å². The van der Waals surface area contributed by atoms with Crippen LogP contribution in [-0.4, -0.2) is 12.1 Å². The van der Waals surface area contributed by atoms with E-state index in [-0.39, 0.29) is 6.10 Å². The van der Waals surface area contributed by atoms with E-state index in [1.54, 1.807) is 24.3 Å². The van der Waals surface area contributed by atoms with Gasteiger partial charge in [-0.05, 0) is 51.0 Å². The lowest BCUT2D eigenvalue weighted by Crippen LogP contribution is -2.11. The SMILES string of the molecule is CC(C)Oc1ccc(C(=O)OO[C]2CCCCCCCCCCC2)cc1. The Labute approximate surface area is 158 Å². The number of carbonyl (C=O) groups excluding carboxylic acids is 1. The summed E-state index contributed by atoms with van der Waals surface area (Å²) in [7, 11) is 0. The van der Waals surface area contributed by atoms with Gasteiger partial charge in [0.05, 0.1) is 11.7 Å². The van der Waals surface area contributed by atoms with E-state index in [1.807, 2.05) is 13.8 Å². The molecule has 0 heterocycles. The monoisotopic (exact) mass is 361 g/mol. The molecule has 4 nitrogen and oxygen atoms in total. The Morgan fingerprint density at radius 1 is 0.808 bits per heavy atom. The molecule has 0 N–H and O–H groups in total. The molecule has 0 spiro atoms. The fraction of sp³-hybridized carbons (Fsp3) is 0.636. The van der Waals surface area contributed by atoms with Crippen LogP contribution in [0.5, 0.6) is 5.75 Å². The Morgan fingerprint density at radius 3 is 1.81 bits per heavy atom. The summed E-state index contributed by atoms with van der Waals surface area (Å²) in [5.74, 6) is 0.283. The molecule has 1 aromatic rings. The van der Waals surface area contributed by atoms with Crippen molar-refractivity contribution in [3.8, 4) is 5.75 Å². The number of hydrogen-bond acceptors (Lipinski definition) is 4. The van der Waals surface area contributed by atoms with Crippen molar-refractivity contribution in [3.05, 3.63) is 35.9 Å². The standard InChI is InChI=1S/C22H33O4/c1-18(2)24-20-16-14-19(15-17-20)22(23)26-25-21-12-10-8-6-4-3-5-7-9-11-13-21/h14-18H,3-13H2,1-2H3. The van der Waals surface area contributed by atoms with Crippen molar-refractivity contribution in [3.63, 3.8) is 0 Å². The van der Waals surface area contributed by atoms with E-state index in [0.717, 1.165) is 37.5 Å². The van der Waals surface area contributed by atoms with Crippen molar-refractivity contribution in [1.29, 1.82) is 0 Å². The number of benzene rings is 1. The summed E-state index contributed by atoms with van der Waals surface area (Å²) in [5.41, 5.74) is 0.467. The van der Waals surface area contributed by atoms with Crippen LogP contribution in [0.2, 0.25) is 0 Å². The zero-order valence-electron chi connectivity index (χ0n) is 16.3. The maximum absolute atomic E-state index is 12.2. The molecule has 1 radical (unpaired) electrons. The Kier molecular flexibility index (Phi) is 9.54. The van der Waals surface area contributed by atoms with Crippen molar-refractivity contribution in [2.24, 2.45) is 0 Å². The molecule has 0 unspecified atom stereocenters. The molecule has 1 aliphatic carbocycles. The average molecular weight is 362 g/mol. The predicted molar refractivity (Wildman–Crippen MR) is 103 cm³/mol. The van der Waals surface area contributed by atoms with Gasteiger partial charge >= 0.3 is 5.97 Å². The summed E-state index contributed by atoms with van der Waals surface area (Å²) in [5, 5.41) is 0. The van der Waals surface area contributed by atoms with Crippen LogP contribution in [0.3, 0.4) is 0 Å². The van der Waals surface area contributed by atoms with Crippen LogP contribution in [0.25, 0.3) is 0 Å². The molecule has 0 bridgehead atoms. The fourth-order valence-corrected chi connectivity index (χ4v) is 3.18. The molecular weight excluding hydrogens is 328 g/mol. The second kappa shape index (κ2) is 11.9. The van der Waals surface area contributed by atoms with E-state index in [4.69, 9.17) is 14.5 Å². The zero-order valence-corrected chi connectivity index (χ0v) is 16.3. The predicted octanol–water partition coefficient (Wildman–Crippen LogP) is 6.40. The number of hydrogen-bond donors (Lipinski definition) is 0. The van der Waals surface area contributed by atoms with Crippen LogP contribution in [0, 0.1) is 6.10 Å². The van der Waals surface area contributed by atoms with E-state index in [0.29, 0.717) is 5.56 Å². The minimum atomic E-state index is -0.459. The lowest BCUT2D eigenvalue weighted by Gasteiger charge is -2.16. The molecule has 26 heavy (non-hydrogen) atoms. The normalized spacial score (nSPS) is 18.0. The summed E-state index contributed by atoms with van der Waals surface area (Å²) < 4.78 is 5.58. The van der Waals surface area contributed by atoms with E-state index in [1.165, 1.54) is 44.9 Å². The van der Waals surface area contributed by atoms with Crippen molar-refractivity contribution >= 4 is 5.97 Å². The van der Waals surface area contributed by atoms with Gasteiger partial charge in [0.2, 0.25) is 0 Å². The van der Waals surface area contributed by atoms with Crippen LogP contribution in [0.15, 0.2) is 24.3 Å². The van der Waals surface area contributed by atoms with E-state index < -0.39 is 5.97 Å². The van der Waals surface area contributed by atoms with E-state index in [2.05, 4.69) is 0 Å². The van der Waals surface area contributed by atoms with Gasteiger partial charge < -0.3 is 4.74 Å². The number of ether oxygens (including phenoxy) is 1. The minimum absolute atomic E-state index is 0.105. The molecule has 1 aliphatic rings. The van der Waals surface area contributed by atoms with Crippen molar-refractivity contribution in [2.45, 2.75) is 90.6 Å². The Bertz CT molecular complexity index is 497. The third-order valence-electron chi connectivity index (χ3n) is 4.61. The lowest BCUT2D eigenvalue weighted by molar-refractivity contribution is -0.237. The minimum Gasteiger partial charge on any atom is -0.491 e. The highest BCUT2D eigenvalue weighted by atomic mass is 17.2. The van der Waals surface area contributed by atoms with Crippen LogP contribution >= 0.6 is 0 Å². The molecule has 1 fully saturated rings. The van der Waals surface area contributed by atoms with Gasteiger partial charge in [-0.3, -0.25) is 4.89 Å². The number of carbonyl (C=O) groups is 1. The molecule has 0 aliphatic heterocycles. The Balaban J connectivity index is 1.79.